The van der Waals surface area contributed by atoms with E-state index in [-0.39, 0.29) is 0 Å². The molecule has 2 nitrogen and oxygen atoms in total. The van der Waals surface area contributed by atoms with E-state index in [1.165, 1.54) is 6.42 Å². The van der Waals surface area contributed by atoms with Crippen LogP contribution in [0.2, 0.25) is 0 Å². The topological polar surface area (TPSA) is 21.3 Å². The van der Waals surface area contributed by atoms with Crippen LogP contribution >= 0.6 is 0 Å². The summed E-state index contributed by atoms with van der Waals surface area (Å²) < 4.78 is 5.23. The summed E-state index contributed by atoms with van der Waals surface area (Å²) in [4.78, 5) is 0. The molecule has 0 aromatic rings. The van der Waals surface area contributed by atoms with Gasteiger partial charge in [0.05, 0.1) is 13.2 Å². The average Bonchev–Trinajstić information content (AvgIpc) is 2.11. The predicted molar refractivity (Wildman–Crippen MR) is 35.3 cm³/mol. The first kappa shape index (κ1) is 5.45. The summed E-state index contributed by atoms with van der Waals surface area (Å²) in [5.74, 6) is 0. The van der Waals surface area contributed by atoms with Crippen molar-refractivity contribution in [1.29, 1.82) is 0 Å². The van der Waals surface area contributed by atoms with Crippen LogP contribution in [0.15, 0.2) is 11.1 Å². The summed E-state index contributed by atoms with van der Waals surface area (Å²) in [6.07, 6.45) is 1.18. The van der Waals surface area contributed by atoms with Gasteiger partial charge in [-0.15, -0.1) is 0 Å². The van der Waals surface area contributed by atoms with E-state index in [0.29, 0.717) is 0 Å². The quantitative estimate of drug-likeness (QED) is 0.470. The van der Waals surface area contributed by atoms with Crippen LogP contribution in [0.1, 0.15) is 6.42 Å². The summed E-state index contributed by atoms with van der Waals surface area (Å²) in [6.45, 7) is 4.06. The van der Waals surface area contributed by atoms with Gasteiger partial charge in [0, 0.05) is 13.1 Å². The van der Waals surface area contributed by atoms with Crippen molar-refractivity contribution in [2.45, 2.75) is 6.42 Å². The second-order valence-electron chi connectivity index (χ2n) is 2.61. The molecule has 2 fully saturated rings. The molecule has 0 spiro atoms. The van der Waals surface area contributed by atoms with Crippen molar-refractivity contribution in [2.75, 3.05) is 26.3 Å². The molecule has 0 amide bonds. The molecule has 50 valence electrons. The lowest BCUT2D eigenvalue weighted by Gasteiger charge is -2.20. The molecule has 0 aromatic carbocycles. The molecule has 0 unspecified atom stereocenters. The van der Waals surface area contributed by atoms with Crippen LogP contribution in [0.25, 0.3) is 0 Å². The van der Waals surface area contributed by atoms with Crippen molar-refractivity contribution in [3.8, 4) is 0 Å². The van der Waals surface area contributed by atoms with E-state index < -0.39 is 0 Å². The number of rotatable bonds is 0. The maximum atomic E-state index is 5.23. The third-order valence-corrected chi connectivity index (χ3v) is 2.00. The number of hydrogen-bond donors (Lipinski definition) is 1. The van der Waals surface area contributed by atoms with E-state index in [9.17, 15) is 0 Å². The van der Waals surface area contributed by atoms with Crippen molar-refractivity contribution < 1.29 is 4.74 Å². The molecule has 0 saturated carbocycles. The van der Waals surface area contributed by atoms with Crippen LogP contribution in [-0.2, 0) is 4.74 Å². The largest absolute Gasteiger partial charge is 0.377 e. The molecule has 1 N–H and O–H groups in total. The minimum Gasteiger partial charge on any atom is -0.377 e. The zero-order chi connectivity index (χ0) is 6.10. The van der Waals surface area contributed by atoms with Gasteiger partial charge in [-0.1, -0.05) is 0 Å². The Balaban J connectivity index is 2.08. The van der Waals surface area contributed by atoms with Gasteiger partial charge in [-0.3, -0.25) is 0 Å². The molecule has 2 saturated heterocycles. The molecule has 9 heavy (non-hydrogen) atoms. The Kier molecular flexibility index (Phi) is 1.28. The molecule has 0 aliphatic carbocycles. The first-order valence-electron chi connectivity index (χ1n) is 3.45. The van der Waals surface area contributed by atoms with E-state index in [4.69, 9.17) is 4.74 Å². The molecular weight excluding hydrogens is 114 g/mol. The average molecular weight is 125 g/mol. The van der Waals surface area contributed by atoms with Crippen LogP contribution in [0.3, 0.4) is 0 Å². The van der Waals surface area contributed by atoms with Gasteiger partial charge < -0.3 is 10.1 Å². The highest BCUT2D eigenvalue weighted by Crippen LogP contribution is 2.18. The fourth-order valence-electron chi connectivity index (χ4n) is 1.24. The third-order valence-electron chi connectivity index (χ3n) is 2.00. The van der Waals surface area contributed by atoms with Crippen LogP contribution < -0.4 is 5.32 Å². The summed E-state index contributed by atoms with van der Waals surface area (Å²) in [5.41, 5.74) is 3.14. The van der Waals surface area contributed by atoms with Crippen molar-refractivity contribution >= 4 is 0 Å². The SMILES string of the molecule is C1CC(=C2CNC2)CO1. The fraction of sp³-hybridized carbons (Fsp3) is 0.714. The highest BCUT2D eigenvalue weighted by Gasteiger charge is 2.16. The van der Waals surface area contributed by atoms with E-state index >= 15 is 0 Å². The summed E-state index contributed by atoms with van der Waals surface area (Å²) in [6, 6.07) is 0. The predicted octanol–water partition coefficient (Wildman–Crippen LogP) is 0.307. The minimum absolute atomic E-state index is 0.900. The van der Waals surface area contributed by atoms with Crippen LogP contribution in [0.4, 0.5) is 0 Å². The van der Waals surface area contributed by atoms with Crippen molar-refractivity contribution in [3.63, 3.8) is 0 Å². The minimum atomic E-state index is 0.900. The van der Waals surface area contributed by atoms with Gasteiger partial charge in [-0.2, -0.15) is 0 Å². The summed E-state index contributed by atoms with van der Waals surface area (Å²) in [7, 11) is 0. The van der Waals surface area contributed by atoms with E-state index in [1.807, 2.05) is 0 Å². The smallest absolute Gasteiger partial charge is 0.0681 e. The first-order valence-corrected chi connectivity index (χ1v) is 3.45. The Morgan fingerprint density at radius 3 is 2.56 bits per heavy atom. The fourth-order valence-corrected chi connectivity index (χ4v) is 1.24. The molecule has 2 aliphatic heterocycles. The highest BCUT2D eigenvalue weighted by atomic mass is 16.5. The molecule has 2 rings (SSSR count). The van der Waals surface area contributed by atoms with E-state index in [1.54, 1.807) is 11.1 Å². The summed E-state index contributed by atoms with van der Waals surface area (Å²) >= 11 is 0. The lowest BCUT2D eigenvalue weighted by molar-refractivity contribution is 0.204. The first-order chi connectivity index (χ1) is 4.47. The zero-order valence-corrected chi connectivity index (χ0v) is 5.44. The Morgan fingerprint density at radius 1 is 1.22 bits per heavy atom. The Morgan fingerprint density at radius 2 is 2.11 bits per heavy atom. The molecule has 2 heteroatoms. The standard InChI is InChI=1S/C7H11NO/c1-2-9-5-6(1)7-3-8-4-7/h8H,1-5H2. The molecule has 2 heterocycles. The Bertz CT molecular complexity index is 137. The monoisotopic (exact) mass is 125 g/mol. The Hall–Kier alpha value is -0.340. The second kappa shape index (κ2) is 2.12. The summed E-state index contributed by atoms with van der Waals surface area (Å²) in [5, 5.41) is 3.22. The van der Waals surface area contributed by atoms with E-state index in [0.717, 1.165) is 26.3 Å². The van der Waals surface area contributed by atoms with Gasteiger partial charge in [0.1, 0.15) is 0 Å². The lowest BCUT2D eigenvalue weighted by atomic mass is 10.0. The normalized spacial score (nSPS) is 26.7. The molecule has 2 aliphatic rings. The Labute approximate surface area is 54.9 Å². The molecule has 0 radical (unpaired) electrons. The van der Waals surface area contributed by atoms with Gasteiger partial charge in [-0.25, -0.2) is 0 Å². The lowest BCUT2D eigenvalue weighted by Crippen LogP contribution is -2.35. The van der Waals surface area contributed by atoms with Crippen LogP contribution in [0.5, 0.6) is 0 Å². The number of hydrogen-bond acceptors (Lipinski definition) is 2. The van der Waals surface area contributed by atoms with Crippen LogP contribution in [-0.4, -0.2) is 26.3 Å². The van der Waals surface area contributed by atoms with Gasteiger partial charge in [0.2, 0.25) is 0 Å². The van der Waals surface area contributed by atoms with Crippen LogP contribution in [0, 0.1) is 0 Å². The number of ether oxygens (including phenoxy) is 1. The molecule has 0 bridgehead atoms. The van der Waals surface area contributed by atoms with Gasteiger partial charge >= 0.3 is 0 Å². The highest BCUT2D eigenvalue weighted by molar-refractivity contribution is 5.24. The maximum absolute atomic E-state index is 5.23. The third kappa shape index (κ3) is 0.884. The molecule has 0 aromatic heterocycles. The van der Waals surface area contributed by atoms with Gasteiger partial charge in [-0.05, 0) is 17.6 Å². The molecular formula is C7H11NO. The van der Waals surface area contributed by atoms with Crippen molar-refractivity contribution in [1.82, 2.24) is 5.32 Å². The van der Waals surface area contributed by atoms with Gasteiger partial charge in [0.15, 0.2) is 0 Å². The van der Waals surface area contributed by atoms with Crippen molar-refractivity contribution in [2.24, 2.45) is 0 Å². The second-order valence-corrected chi connectivity index (χ2v) is 2.61. The van der Waals surface area contributed by atoms with Gasteiger partial charge in [0.25, 0.3) is 0 Å². The maximum Gasteiger partial charge on any atom is 0.0681 e. The van der Waals surface area contributed by atoms with E-state index in [2.05, 4.69) is 5.32 Å². The van der Waals surface area contributed by atoms with Crippen molar-refractivity contribution in [3.05, 3.63) is 11.1 Å². The zero-order valence-electron chi connectivity index (χ0n) is 5.44. The molecule has 0 atom stereocenters. The number of nitrogens with one attached hydrogen (secondary N) is 1.